The van der Waals surface area contributed by atoms with Crippen LogP contribution in [0, 0.1) is 5.21 Å². The number of nitrogens with one attached hydrogen (secondary N) is 1. The molecule has 0 aromatic carbocycles. The number of nitrogens with zero attached hydrogens (tertiary/aromatic N) is 2. The van der Waals surface area contributed by atoms with E-state index in [4.69, 9.17) is 4.74 Å². The molecule has 2 rings (SSSR count). The van der Waals surface area contributed by atoms with Gasteiger partial charge in [-0.25, -0.2) is 9.78 Å². The third kappa shape index (κ3) is 4.04. The van der Waals surface area contributed by atoms with Crippen molar-refractivity contribution in [1.82, 2.24) is 4.98 Å². The highest BCUT2D eigenvalue weighted by Crippen LogP contribution is 2.29. The van der Waals surface area contributed by atoms with E-state index in [1.165, 1.54) is 24.5 Å². The second-order valence-electron chi connectivity index (χ2n) is 5.02. The summed E-state index contributed by atoms with van der Waals surface area (Å²) in [6.07, 6.45) is 2.45. The van der Waals surface area contributed by atoms with Gasteiger partial charge in [-0.1, -0.05) is 25.2 Å². The first-order chi connectivity index (χ1) is 10.9. The lowest BCUT2D eigenvalue weighted by atomic mass is 10.1. The van der Waals surface area contributed by atoms with Gasteiger partial charge in [0.2, 0.25) is 0 Å². The minimum atomic E-state index is -0.463. The standard InChI is InChI=1S/C15H17N3O4S/c1-4-22-14(20)12-11(9(2)3)16-15(23-12)17-13(19)10-6-5-7-18(21)8-10/h5-9H,4H2,1-3H3,(H,16,17,19). The molecule has 0 fully saturated rings. The molecule has 8 heteroatoms. The normalized spacial score (nSPS) is 10.6. The first-order valence-electron chi connectivity index (χ1n) is 7.10. The van der Waals surface area contributed by atoms with Gasteiger partial charge in [0.1, 0.15) is 10.4 Å². The van der Waals surface area contributed by atoms with Crippen molar-refractivity contribution in [3.05, 3.63) is 45.9 Å². The molecule has 0 atom stereocenters. The second-order valence-corrected chi connectivity index (χ2v) is 6.01. The topological polar surface area (TPSA) is 95.2 Å². The molecule has 0 unspecified atom stereocenters. The molecule has 2 aromatic heterocycles. The van der Waals surface area contributed by atoms with Crippen LogP contribution >= 0.6 is 11.3 Å². The van der Waals surface area contributed by atoms with Crippen LogP contribution in [0.25, 0.3) is 0 Å². The number of thiazole rings is 1. The third-order valence-corrected chi connectivity index (χ3v) is 3.89. The molecule has 0 radical (unpaired) electrons. The van der Waals surface area contributed by atoms with Gasteiger partial charge in [0.25, 0.3) is 5.91 Å². The Balaban J connectivity index is 2.25. The highest BCUT2D eigenvalue weighted by atomic mass is 32.1. The van der Waals surface area contributed by atoms with Crippen molar-refractivity contribution in [3.8, 4) is 0 Å². The van der Waals surface area contributed by atoms with Gasteiger partial charge in [-0.3, -0.25) is 10.1 Å². The van der Waals surface area contributed by atoms with Crippen LogP contribution in [-0.2, 0) is 4.74 Å². The van der Waals surface area contributed by atoms with Crippen molar-refractivity contribution < 1.29 is 19.1 Å². The molecule has 2 aromatic rings. The van der Waals surface area contributed by atoms with E-state index in [9.17, 15) is 14.8 Å². The van der Waals surface area contributed by atoms with Gasteiger partial charge < -0.3 is 9.94 Å². The molecule has 0 aliphatic heterocycles. The van der Waals surface area contributed by atoms with E-state index in [2.05, 4.69) is 10.3 Å². The number of amides is 1. The van der Waals surface area contributed by atoms with Crippen LogP contribution in [0.2, 0.25) is 0 Å². The van der Waals surface area contributed by atoms with Crippen LogP contribution in [0.4, 0.5) is 5.13 Å². The van der Waals surface area contributed by atoms with E-state index < -0.39 is 11.9 Å². The summed E-state index contributed by atoms with van der Waals surface area (Å²) in [4.78, 5) is 28.8. The molecule has 0 saturated heterocycles. The third-order valence-electron chi connectivity index (χ3n) is 2.92. The number of anilines is 1. The minimum absolute atomic E-state index is 0.0110. The van der Waals surface area contributed by atoms with Crippen LogP contribution in [0.1, 0.15) is 52.4 Å². The predicted molar refractivity (Wildman–Crippen MR) is 85.5 cm³/mol. The molecule has 7 nitrogen and oxygen atoms in total. The number of pyridine rings is 1. The monoisotopic (exact) mass is 335 g/mol. The lowest BCUT2D eigenvalue weighted by Crippen LogP contribution is -2.27. The molecule has 2 heterocycles. The number of carbonyl (C=O) groups excluding carboxylic acids is 2. The summed E-state index contributed by atoms with van der Waals surface area (Å²) >= 11 is 1.06. The number of carbonyl (C=O) groups is 2. The summed E-state index contributed by atoms with van der Waals surface area (Å²) in [6.45, 7) is 5.80. The lowest BCUT2D eigenvalue weighted by molar-refractivity contribution is -0.605. The van der Waals surface area contributed by atoms with Gasteiger partial charge in [0.05, 0.1) is 12.3 Å². The van der Waals surface area contributed by atoms with E-state index in [0.29, 0.717) is 20.4 Å². The zero-order chi connectivity index (χ0) is 17.0. The molecular weight excluding hydrogens is 318 g/mol. The molecule has 122 valence electrons. The Labute approximate surface area is 137 Å². The Kier molecular flexibility index (Phi) is 5.28. The number of ether oxygens (including phenoxy) is 1. The Morgan fingerprint density at radius 2 is 2.22 bits per heavy atom. The van der Waals surface area contributed by atoms with Crippen molar-refractivity contribution in [1.29, 1.82) is 0 Å². The first-order valence-corrected chi connectivity index (χ1v) is 7.92. The van der Waals surface area contributed by atoms with Crippen molar-refractivity contribution >= 4 is 28.3 Å². The van der Waals surface area contributed by atoms with Gasteiger partial charge in [0.15, 0.2) is 17.5 Å². The molecule has 0 aliphatic carbocycles. The highest BCUT2D eigenvalue weighted by Gasteiger charge is 2.22. The zero-order valence-electron chi connectivity index (χ0n) is 13.0. The van der Waals surface area contributed by atoms with Gasteiger partial charge in [-0.2, -0.15) is 4.73 Å². The Morgan fingerprint density at radius 3 is 2.83 bits per heavy atom. The highest BCUT2D eigenvalue weighted by molar-refractivity contribution is 7.17. The van der Waals surface area contributed by atoms with Gasteiger partial charge in [-0.05, 0) is 18.9 Å². The Bertz CT molecular complexity index is 727. The lowest BCUT2D eigenvalue weighted by Gasteiger charge is -2.03. The van der Waals surface area contributed by atoms with Gasteiger partial charge >= 0.3 is 5.97 Å². The number of aromatic nitrogens is 2. The second kappa shape index (κ2) is 7.19. The molecule has 23 heavy (non-hydrogen) atoms. The average Bonchev–Trinajstić information content (AvgIpc) is 2.91. The maximum atomic E-state index is 12.1. The summed E-state index contributed by atoms with van der Waals surface area (Å²) in [5.74, 6) is -0.905. The molecule has 0 aliphatic rings. The summed E-state index contributed by atoms with van der Waals surface area (Å²) < 4.78 is 5.55. The maximum absolute atomic E-state index is 12.1. The van der Waals surface area contributed by atoms with Crippen molar-refractivity contribution in [3.63, 3.8) is 0 Å². The quantitative estimate of drug-likeness (QED) is 0.514. The minimum Gasteiger partial charge on any atom is -0.619 e. The van der Waals surface area contributed by atoms with Crippen LogP contribution < -0.4 is 10.0 Å². The van der Waals surface area contributed by atoms with Crippen LogP contribution in [0.3, 0.4) is 0 Å². The van der Waals surface area contributed by atoms with Crippen molar-refractivity contribution in [2.24, 2.45) is 0 Å². The Morgan fingerprint density at radius 1 is 1.48 bits per heavy atom. The average molecular weight is 335 g/mol. The molecular formula is C15H17N3O4S. The fourth-order valence-corrected chi connectivity index (χ4v) is 2.89. The fourth-order valence-electron chi connectivity index (χ4n) is 1.88. The number of hydrogen-bond acceptors (Lipinski definition) is 6. The van der Waals surface area contributed by atoms with E-state index >= 15 is 0 Å². The smallest absolute Gasteiger partial charge is 0.350 e. The van der Waals surface area contributed by atoms with E-state index in [-0.39, 0.29) is 18.1 Å². The Hall–Kier alpha value is -2.48. The summed E-state index contributed by atoms with van der Waals surface area (Å²) in [7, 11) is 0. The summed E-state index contributed by atoms with van der Waals surface area (Å²) in [5, 5.41) is 14.1. The molecule has 0 saturated carbocycles. The summed E-state index contributed by atoms with van der Waals surface area (Å²) in [6, 6.07) is 3.00. The largest absolute Gasteiger partial charge is 0.619 e. The molecule has 0 bridgehead atoms. The van der Waals surface area contributed by atoms with E-state index in [0.717, 1.165) is 11.3 Å². The van der Waals surface area contributed by atoms with Gasteiger partial charge in [0, 0.05) is 6.07 Å². The van der Waals surface area contributed by atoms with E-state index in [1.54, 1.807) is 6.92 Å². The van der Waals surface area contributed by atoms with Crippen LogP contribution in [0.5, 0.6) is 0 Å². The van der Waals surface area contributed by atoms with Crippen molar-refractivity contribution in [2.45, 2.75) is 26.7 Å². The number of rotatable bonds is 5. The van der Waals surface area contributed by atoms with Crippen molar-refractivity contribution in [2.75, 3.05) is 11.9 Å². The zero-order valence-corrected chi connectivity index (χ0v) is 13.8. The fraction of sp³-hybridized carbons (Fsp3) is 0.333. The predicted octanol–water partition coefficient (Wildman–Crippen LogP) is 2.33. The van der Waals surface area contributed by atoms with Gasteiger partial charge in [-0.15, -0.1) is 0 Å². The SMILES string of the molecule is CCOC(=O)c1sc(NC(=O)c2ccc[n+]([O-])c2)nc1C(C)C. The van der Waals surface area contributed by atoms with Crippen LogP contribution in [-0.4, -0.2) is 23.5 Å². The molecule has 1 amide bonds. The number of hydrogen-bond donors (Lipinski definition) is 1. The maximum Gasteiger partial charge on any atom is 0.350 e. The molecule has 1 N–H and O–H groups in total. The first kappa shape index (κ1) is 16.9. The summed E-state index contributed by atoms with van der Waals surface area (Å²) in [5.41, 5.74) is 0.789. The van der Waals surface area contributed by atoms with E-state index in [1.807, 2.05) is 13.8 Å². The van der Waals surface area contributed by atoms with Crippen LogP contribution in [0.15, 0.2) is 24.5 Å². The molecule has 0 spiro atoms. The number of esters is 1.